The summed E-state index contributed by atoms with van der Waals surface area (Å²) in [6.07, 6.45) is 3.63. The van der Waals surface area contributed by atoms with Gasteiger partial charge in [0.1, 0.15) is 0 Å². The zero-order chi connectivity index (χ0) is 17.2. The molecule has 0 aliphatic carbocycles. The zero-order valence-corrected chi connectivity index (χ0v) is 14.4. The van der Waals surface area contributed by atoms with Crippen molar-refractivity contribution in [2.45, 2.75) is 13.0 Å². The number of nitrogens with zero attached hydrogens (tertiary/aromatic N) is 4. The van der Waals surface area contributed by atoms with E-state index in [1.807, 2.05) is 42.3 Å². The maximum atomic E-state index is 12.7. The predicted octanol–water partition coefficient (Wildman–Crippen LogP) is 1.73. The van der Waals surface area contributed by atoms with Crippen LogP contribution in [0.25, 0.3) is 5.69 Å². The number of carbonyl (C=O) groups is 1. The maximum Gasteiger partial charge on any atom is 0.321 e. The van der Waals surface area contributed by atoms with Crippen molar-refractivity contribution in [2.75, 3.05) is 44.7 Å². The van der Waals surface area contributed by atoms with Crippen molar-refractivity contribution in [2.24, 2.45) is 0 Å². The number of nitrogens with one attached hydrogen (secondary N) is 1. The molecule has 1 atom stereocenters. The van der Waals surface area contributed by atoms with Gasteiger partial charge in [-0.15, -0.1) is 0 Å². The third-order valence-electron chi connectivity index (χ3n) is 4.96. The van der Waals surface area contributed by atoms with Crippen LogP contribution in [-0.2, 0) is 4.74 Å². The second-order valence-electron chi connectivity index (χ2n) is 6.59. The highest BCUT2D eigenvalue weighted by Crippen LogP contribution is 2.21. The molecule has 1 aromatic carbocycles. The first-order chi connectivity index (χ1) is 12.2. The molecular formula is C18H23N5O2. The van der Waals surface area contributed by atoms with Gasteiger partial charge in [-0.25, -0.2) is 9.48 Å². The number of aryl methyl sites for hydroxylation is 1. The maximum absolute atomic E-state index is 12.7. The quantitative estimate of drug-likeness (QED) is 0.904. The van der Waals surface area contributed by atoms with Gasteiger partial charge in [0.2, 0.25) is 0 Å². The van der Waals surface area contributed by atoms with Crippen LogP contribution < -0.4 is 5.32 Å². The number of anilines is 1. The SMILES string of the molecule is Cc1ccc(-n2cccn2)cc1NC(=O)N1CCN2CCOCC2C1. The molecule has 1 N–H and O–H groups in total. The molecule has 7 heteroatoms. The van der Waals surface area contributed by atoms with Gasteiger partial charge in [-0.3, -0.25) is 4.90 Å². The van der Waals surface area contributed by atoms with Crippen molar-refractivity contribution in [3.8, 4) is 5.69 Å². The van der Waals surface area contributed by atoms with E-state index in [1.165, 1.54) is 0 Å². The Labute approximate surface area is 147 Å². The summed E-state index contributed by atoms with van der Waals surface area (Å²) in [6.45, 7) is 6.83. The smallest absolute Gasteiger partial charge is 0.321 e. The summed E-state index contributed by atoms with van der Waals surface area (Å²) in [5.41, 5.74) is 2.78. The fraction of sp³-hybridized carbons (Fsp3) is 0.444. The van der Waals surface area contributed by atoms with Crippen LogP contribution in [0.4, 0.5) is 10.5 Å². The van der Waals surface area contributed by atoms with Crippen LogP contribution in [0.1, 0.15) is 5.56 Å². The van der Waals surface area contributed by atoms with Crippen molar-refractivity contribution < 1.29 is 9.53 Å². The second kappa shape index (κ2) is 6.85. The second-order valence-corrected chi connectivity index (χ2v) is 6.59. The molecule has 25 heavy (non-hydrogen) atoms. The predicted molar refractivity (Wildman–Crippen MR) is 95.1 cm³/mol. The van der Waals surface area contributed by atoms with E-state index in [2.05, 4.69) is 15.3 Å². The molecule has 0 saturated carbocycles. The third kappa shape index (κ3) is 3.38. The molecule has 4 rings (SSSR count). The lowest BCUT2D eigenvalue weighted by atomic mass is 10.1. The van der Waals surface area contributed by atoms with Gasteiger partial charge in [0.05, 0.1) is 24.9 Å². The van der Waals surface area contributed by atoms with E-state index < -0.39 is 0 Å². The minimum Gasteiger partial charge on any atom is -0.378 e. The van der Waals surface area contributed by atoms with Gasteiger partial charge >= 0.3 is 6.03 Å². The van der Waals surface area contributed by atoms with Crippen LogP contribution in [0.15, 0.2) is 36.7 Å². The number of carbonyl (C=O) groups excluding carboxylic acids is 1. The van der Waals surface area contributed by atoms with Gasteiger partial charge in [0, 0.05) is 44.3 Å². The average molecular weight is 341 g/mol. The Hall–Kier alpha value is -2.38. The molecule has 2 saturated heterocycles. The summed E-state index contributed by atoms with van der Waals surface area (Å²) in [5, 5.41) is 7.31. The van der Waals surface area contributed by atoms with E-state index >= 15 is 0 Å². The topological polar surface area (TPSA) is 62.6 Å². The Bertz CT molecular complexity index is 746. The van der Waals surface area contributed by atoms with E-state index in [9.17, 15) is 4.79 Å². The van der Waals surface area contributed by atoms with Crippen LogP contribution in [0.2, 0.25) is 0 Å². The molecule has 2 aromatic rings. The standard InChI is InChI=1S/C18H23N5O2/c1-14-3-4-15(23-6-2-5-19-23)11-17(14)20-18(24)22-8-7-21-9-10-25-13-16(21)12-22/h2-6,11,16H,7-10,12-13H2,1H3,(H,20,24). The number of aromatic nitrogens is 2. The van der Waals surface area contributed by atoms with Crippen molar-refractivity contribution in [1.82, 2.24) is 19.6 Å². The number of fused-ring (bicyclic) bond motifs is 1. The number of benzene rings is 1. The number of urea groups is 1. The lowest BCUT2D eigenvalue weighted by Gasteiger charge is -2.43. The highest BCUT2D eigenvalue weighted by molar-refractivity contribution is 5.90. The molecule has 2 amide bonds. The lowest BCUT2D eigenvalue weighted by molar-refractivity contribution is -0.0355. The summed E-state index contributed by atoms with van der Waals surface area (Å²) >= 11 is 0. The molecule has 0 bridgehead atoms. The van der Waals surface area contributed by atoms with Crippen LogP contribution in [0.3, 0.4) is 0 Å². The fourth-order valence-corrected chi connectivity index (χ4v) is 3.43. The molecule has 2 aliphatic heterocycles. The van der Waals surface area contributed by atoms with E-state index in [4.69, 9.17) is 4.74 Å². The lowest BCUT2D eigenvalue weighted by Crippen LogP contribution is -2.59. The van der Waals surface area contributed by atoms with E-state index in [0.29, 0.717) is 19.2 Å². The summed E-state index contributed by atoms with van der Waals surface area (Å²) < 4.78 is 7.34. The van der Waals surface area contributed by atoms with Gasteiger partial charge < -0.3 is 15.0 Å². The molecule has 2 aliphatic rings. The summed E-state index contributed by atoms with van der Waals surface area (Å²) in [7, 11) is 0. The first-order valence-corrected chi connectivity index (χ1v) is 8.69. The Balaban J connectivity index is 1.46. The molecule has 1 unspecified atom stereocenters. The van der Waals surface area contributed by atoms with Crippen LogP contribution in [-0.4, -0.2) is 71.0 Å². The zero-order valence-electron chi connectivity index (χ0n) is 14.4. The number of hydrogen-bond donors (Lipinski definition) is 1. The number of ether oxygens (including phenoxy) is 1. The van der Waals surface area contributed by atoms with Crippen LogP contribution in [0, 0.1) is 6.92 Å². The van der Waals surface area contributed by atoms with Crippen molar-refractivity contribution >= 4 is 11.7 Å². The monoisotopic (exact) mass is 341 g/mol. The van der Waals surface area contributed by atoms with Crippen molar-refractivity contribution in [1.29, 1.82) is 0 Å². The van der Waals surface area contributed by atoms with E-state index in [-0.39, 0.29) is 6.03 Å². The van der Waals surface area contributed by atoms with Crippen LogP contribution in [0.5, 0.6) is 0 Å². The van der Waals surface area contributed by atoms with Gasteiger partial charge in [0.15, 0.2) is 0 Å². The normalized spacial score (nSPS) is 21.0. The Morgan fingerprint density at radius 1 is 1.32 bits per heavy atom. The van der Waals surface area contributed by atoms with Gasteiger partial charge in [-0.1, -0.05) is 6.07 Å². The highest BCUT2D eigenvalue weighted by Gasteiger charge is 2.31. The van der Waals surface area contributed by atoms with Crippen molar-refractivity contribution in [3.63, 3.8) is 0 Å². The van der Waals surface area contributed by atoms with E-state index in [0.717, 1.165) is 43.2 Å². The molecule has 0 spiro atoms. The van der Waals surface area contributed by atoms with Gasteiger partial charge in [0.25, 0.3) is 0 Å². The number of rotatable bonds is 2. The first-order valence-electron chi connectivity index (χ1n) is 8.69. The largest absolute Gasteiger partial charge is 0.378 e. The summed E-state index contributed by atoms with van der Waals surface area (Å²) in [4.78, 5) is 17.0. The molecule has 7 nitrogen and oxygen atoms in total. The van der Waals surface area contributed by atoms with Gasteiger partial charge in [-0.05, 0) is 30.7 Å². The average Bonchev–Trinajstić information content (AvgIpc) is 3.18. The molecular weight excluding hydrogens is 318 g/mol. The number of hydrogen-bond acceptors (Lipinski definition) is 4. The minimum absolute atomic E-state index is 0.0501. The molecule has 2 fully saturated rings. The fourth-order valence-electron chi connectivity index (χ4n) is 3.43. The Morgan fingerprint density at radius 3 is 3.08 bits per heavy atom. The molecule has 3 heterocycles. The third-order valence-corrected chi connectivity index (χ3v) is 4.96. The number of morpholine rings is 1. The van der Waals surface area contributed by atoms with Crippen molar-refractivity contribution in [3.05, 3.63) is 42.2 Å². The minimum atomic E-state index is -0.0501. The molecule has 132 valence electrons. The summed E-state index contributed by atoms with van der Waals surface area (Å²) in [6, 6.07) is 8.09. The van der Waals surface area contributed by atoms with Gasteiger partial charge in [-0.2, -0.15) is 5.10 Å². The van der Waals surface area contributed by atoms with E-state index in [1.54, 1.807) is 10.9 Å². The first kappa shape index (κ1) is 16.1. The van der Waals surface area contributed by atoms with Crippen LogP contribution >= 0.6 is 0 Å². The Kier molecular flexibility index (Phi) is 4.42. The summed E-state index contributed by atoms with van der Waals surface area (Å²) in [5.74, 6) is 0. The number of piperazine rings is 1. The molecule has 1 aromatic heterocycles. The molecule has 0 radical (unpaired) electrons. The highest BCUT2D eigenvalue weighted by atomic mass is 16.5. The Morgan fingerprint density at radius 2 is 2.24 bits per heavy atom. The number of amides is 2.